The van der Waals surface area contributed by atoms with Crippen LogP contribution in [-0.4, -0.2) is 21.1 Å². The standard InChI is InChI=1S/C23H35NO2Si/c1-15-13-17(26-27(4,5)6)14-16-7-8-18-19(22(15)16)11-12-23(2)20(18)9-10-21(23)24-25-3/h13-14,18-20H,7-12H2,1-6H3/b24-21+. The van der Waals surface area contributed by atoms with Gasteiger partial charge in [0.25, 0.3) is 0 Å². The molecule has 2 saturated carbocycles. The lowest BCUT2D eigenvalue weighted by molar-refractivity contribution is 0.0921. The van der Waals surface area contributed by atoms with E-state index in [0.29, 0.717) is 0 Å². The van der Waals surface area contributed by atoms with Gasteiger partial charge >= 0.3 is 0 Å². The predicted molar refractivity (Wildman–Crippen MR) is 114 cm³/mol. The molecule has 0 radical (unpaired) electrons. The van der Waals surface area contributed by atoms with E-state index in [1.165, 1.54) is 43.4 Å². The number of fused-ring (bicyclic) bond motifs is 5. The molecule has 0 aliphatic heterocycles. The van der Waals surface area contributed by atoms with E-state index in [2.05, 4.69) is 50.8 Å². The highest BCUT2D eigenvalue weighted by Crippen LogP contribution is 2.60. The SMILES string of the molecule is CO/N=C1\CCC2C3CCc4cc(O[Si](C)(C)C)cc(C)c4C3CCC12C. The first-order valence-corrected chi connectivity index (χ1v) is 14.1. The fourth-order valence-electron chi connectivity index (χ4n) is 6.40. The van der Waals surface area contributed by atoms with Gasteiger partial charge in [-0.25, -0.2) is 0 Å². The minimum absolute atomic E-state index is 0.253. The zero-order valence-electron chi connectivity index (χ0n) is 17.9. The fraction of sp³-hybridized carbons (Fsp3) is 0.696. The first-order chi connectivity index (χ1) is 12.7. The molecule has 3 aliphatic rings. The minimum Gasteiger partial charge on any atom is -0.544 e. The molecule has 3 aliphatic carbocycles. The summed E-state index contributed by atoms with van der Waals surface area (Å²) in [5.74, 6) is 3.37. The summed E-state index contributed by atoms with van der Waals surface area (Å²) in [6.07, 6.45) is 7.44. The average molecular weight is 386 g/mol. The summed E-state index contributed by atoms with van der Waals surface area (Å²) in [6, 6.07) is 4.66. The summed E-state index contributed by atoms with van der Waals surface area (Å²) in [7, 11) is 0.121. The van der Waals surface area contributed by atoms with Gasteiger partial charge in [-0.2, -0.15) is 0 Å². The van der Waals surface area contributed by atoms with Crippen molar-refractivity contribution in [1.29, 1.82) is 0 Å². The van der Waals surface area contributed by atoms with Crippen molar-refractivity contribution in [3.63, 3.8) is 0 Å². The molecule has 148 valence electrons. The van der Waals surface area contributed by atoms with Crippen molar-refractivity contribution in [1.82, 2.24) is 0 Å². The third-order valence-corrected chi connectivity index (χ3v) is 8.22. The molecule has 4 unspecified atom stereocenters. The van der Waals surface area contributed by atoms with Gasteiger partial charge in [0.1, 0.15) is 12.9 Å². The van der Waals surface area contributed by atoms with E-state index >= 15 is 0 Å². The van der Waals surface area contributed by atoms with Gasteiger partial charge in [0.05, 0.1) is 5.71 Å². The van der Waals surface area contributed by atoms with Crippen LogP contribution in [0.4, 0.5) is 0 Å². The van der Waals surface area contributed by atoms with E-state index in [0.717, 1.165) is 29.9 Å². The van der Waals surface area contributed by atoms with Crippen molar-refractivity contribution < 1.29 is 9.26 Å². The van der Waals surface area contributed by atoms with Crippen molar-refractivity contribution in [2.24, 2.45) is 22.4 Å². The molecule has 0 spiro atoms. The Morgan fingerprint density at radius 1 is 1.11 bits per heavy atom. The Hall–Kier alpha value is -1.29. The third kappa shape index (κ3) is 3.24. The first kappa shape index (κ1) is 19.0. The smallest absolute Gasteiger partial charge is 0.242 e. The Kier molecular flexibility index (Phi) is 4.69. The van der Waals surface area contributed by atoms with Gasteiger partial charge in [-0.05, 0) is 112 Å². The Bertz CT molecular complexity index is 766. The number of hydrogen-bond donors (Lipinski definition) is 0. The normalized spacial score (nSPS) is 34.0. The largest absolute Gasteiger partial charge is 0.544 e. The number of hydrogen-bond acceptors (Lipinski definition) is 3. The maximum atomic E-state index is 6.32. The number of rotatable bonds is 3. The van der Waals surface area contributed by atoms with E-state index in [-0.39, 0.29) is 5.41 Å². The Morgan fingerprint density at radius 2 is 1.89 bits per heavy atom. The van der Waals surface area contributed by atoms with E-state index in [1.54, 1.807) is 18.2 Å². The highest BCUT2D eigenvalue weighted by Gasteiger charge is 2.54. The average Bonchev–Trinajstić information content (AvgIpc) is 2.90. The van der Waals surface area contributed by atoms with Crippen molar-refractivity contribution in [3.05, 3.63) is 28.8 Å². The fourth-order valence-corrected chi connectivity index (χ4v) is 7.23. The molecule has 4 heteroatoms. The molecular weight excluding hydrogens is 350 g/mol. The lowest BCUT2D eigenvalue weighted by atomic mass is 9.55. The third-order valence-electron chi connectivity index (χ3n) is 7.37. The van der Waals surface area contributed by atoms with Crippen LogP contribution in [0.5, 0.6) is 5.75 Å². The van der Waals surface area contributed by atoms with Gasteiger partial charge in [-0.15, -0.1) is 0 Å². The Balaban J connectivity index is 1.66. The molecular formula is C23H35NO2Si. The molecule has 3 nitrogen and oxygen atoms in total. The van der Waals surface area contributed by atoms with Gasteiger partial charge in [-0.3, -0.25) is 0 Å². The van der Waals surface area contributed by atoms with E-state index in [4.69, 9.17) is 9.26 Å². The second-order valence-electron chi connectivity index (χ2n) is 10.2. The number of oxime groups is 1. The molecule has 0 N–H and O–H groups in total. The molecule has 4 rings (SSSR count). The van der Waals surface area contributed by atoms with Crippen molar-refractivity contribution in [2.75, 3.05) is 7.11 Å². The maximum Gasteiger partial charge on any atom is 0.242 e. The Labute approximate surface area is 165 Å². The number of benzene rings is 1. The summed E-state index contributed by atoms with van der Waals surface area (Å²) in [5, 5.41) is 4.43. The summed E-state index contributed by atoms with van der Waals surface area (Å²) in [6.45, 7) is 11.5. The van der Waals surface area contributed by atoms with Crippen LogP contribution in [0.15, 0.2) is 17.3 Å². The summed E-state index contributed by atoms with van der Waals surface area (Å²) in [4.78, 5) is 5.18. The molecule has 0 heterocycles. The summed E-state index contributed by atoms with van der Waals surface area (Å²) >= 11 is 0. The summed E-state index contributed by atoms with van der Waals surface area (Å²) in [5.41, 5.74) is 6.21. The summed E-state index contributed by atoms with van der Waals surface area (Å²) < 4.78 is 6.32. The van der Waals surface area contributed by atoms with Crippen LogP contribution >= 0.6 is 0 Å². The quantitative estimate of drug-likeness (QED) is 0.467. The van der Waals surface area contributed by atoms with Gasteiger partial charge in [0.2, 0.25) is 8.32 Å². The molecule has 2 fully saturated rings. The van der Waals surface area contributed by atoms with Crippen LogP contribution in [0.3, 0.4) is 0 Å². The monoisotopic (exact) mass is 385 g/mol. The topological polar surface area (TPSA) is 30.8 Å². The van der Waals surface area contributed by atoms with Crippen LogP contribution in [0.25, 0.3) is 0 Å². The highest BCUT2D eigenvalue weighted by molar-refractivity contribution is 6.70. The maximum absolute atomic E-state index is 6.32. The molecule has 0 amide bonds. The second kappa shape index (κ2) is 6.65. The van der Waals surface area contributed by atoms with Gasteiger partial charge in [0, 0.05) is 5.41 Å². The second-order valence-corrected chi connectivity index (χ2v) is 14.6. The van der Waals surface area contributed by atoms with Crippen molar-refractivity contribution in [2.45, 2.75) is 77.9 Å². The van der Waals surface area contributed by atoms with E-state index in [9.17, 15) is 0 Å². The van der Waals surface area contributed by atoms with Crippen LogP contribution in [0.1, 0.15) is 61.6 Å². The minimum atomic E-state index is -1.57. The molecule has 1 aromatic rings. The van der Waals surface area contributed by atoms with Crippen molar-refractivity contribution in [3.8, 4) is 5.75 Å². The van der Waals surface area contributed by atoms with Gasteiger partial charge in [0.15, 0.2) is 0 Å². The molecule has 4 atom stereocenters. The van der Waals surface area contributed by atoms with Gasteiger partial charge < -0.3 is 9.26 Å². The lowest BCUT2D eigenvalue weighted by Crippen LogP contribution is -2.42. The highest BCUT2D eigenvalue weighted by atomic mass is 28.4. The van der Waals surface area contributed by atoms with Crippen LogP contribution in [0.2, 0.25) is 19.6 Å². The number of aryl methyl sites for hydroxylation is 2. The van der Waals surface area contributed by atoms with Crippen LogP contribution in [-0.2, 0) is 11.3 Å². The molecule has 27 heavy (non-hydrogen) atoms. The molecule has 0 bridgehead atoms. The first-order valence-electron chi connectivity index (χ1n) is 10.7. The van der Waals surface area contributed by atoms with E-state index in [1.807, 2.05) is 0 Å². The molecule has 0 aromatic heterocycles. The van der Waals surface area contributed by atoms with Crippen molar-refractivity contribution >= 4 is 14.0 Å². The zero-order chi connectivity index (χ0) is 19.4. The molecule has 0 saturated heterocycles. The molecule has 1 aromatic carbocycles. The predicted octanol–water partition coefficient (Wildman–Crippen LogP) is 6.07. The van der Waals surface area contributed by atoms with Crippen LogP contribution < -0.4 is 4.43 Å². The van der Waals surface area contributed by atoms with E-state index < -0.39 is 8.32 Å². The zero-order valence-corrected chi connectivity index (χ0v) is 18.9. The lowest BCUT2D eigenvalue weighted by Gasteiger charge is -2.49. The number of nitrogens with zero attached hydrogens (tertiary/aromatic N) is 1. The van der Waals surface area contributed by atoms with Gasteiger partial charge in [-0.1, -0.05) is 12.1 Å². The van der Waals surface area contributed by atoms with Crippen LogP contribution in [0, 0.1) is 24.2 Å². The Morgan fingerprint density at radius 3 is 2.59 bits per heavy atom.